The third-order valence-electron chi connectivity index (χ3n) is 6.55. The second-order valence-corrected chi connectivity index (χ2v) is 7.69. The van der Waals surface area contributed by atoms with Crippen LogP contribution >= 0.6 is 12.4 Å². The van der Waals surface area contributed by atoms with E-state index in [4.69, 9.17) is 4.74 Å². The first-order valence-corrected chi connectivity index (χ1v) is 9.32. The SMILES string of the molecule is CCC1=C[C@@H]2CN3CCc4c([nH]c5ccccc45)[C@](C(=O)OC)(C2)[C@@H]13.Cl. The number of esters is 1. The minimum absolute atomic E-state index is 0. The lowest BCUT2D eigenvalue weighted by molar-refractivity contribution is -0.153. The topological polar surface area (TPSA) is 45.3 Å². The van der Waals surface area contributed by atoms with Crippen LogP contribution in [0.2, 0.25) is 0 Å². The second kappa shape index (κ2) is 6.14. The zero-order valence-electron chi connectivity index (χ0n) is 15.2. The largest absolute Gasteiger partial charge is 0.468 e. The van der Waals surface area contributed by atoms with Crippen LogP contribution in [-0.2, 0) is 21.4 Å². The van der Waals surface area contributed by atoms with Crippen LogP contribution in [0.15, 0.2) is 35.9 Å². The van der Waals surface area contributed by atoms with Crippen LogP contribution in [0.3, 0.4) is 0 Å². The number of aromatic nitrogens is 1. The van der Waals surface area contributed by atoms with Crippen molar-refractivity contribution in [2.75, 3.05) is 20.2 Å². The number of halogens is 1. The van der Waals surface area contributed by atoms with Gasteiger partial charge in [-0.2, -0.15) is 0 Å². The van der Waals surface area contributed by atoms with Crippen molar-refractivity contribution in [1.29, 1.82) is 0 Å². The number of fused-ring (bicyclic) bond motifs is 3. The molecule has 26 heavy (non-hydrogen) atoms. The van der Waals surface area contributed by atoms with E-state index in [9.17, 15) is 4.79 Å². The number of methoxy groups -OCH3 is 1. The monoisotopic (exact) mass is 372 g/mol. The van der Waals surface area contributed by atoms with Gasteiger partial charge in [0.2, 0.25) is 0 Å². The molecule has 0 saturated carbocycles. The van der Waals surface area contributed by atoms with E-state index in [1.807, 2.05) is 0 Å². The minimum Gasteiger partial charge on any atom is -0.468 e. The predicted molar refractivity (Wildman–Crippen MR) is 105 cm³/mol. The summed E-state index contributed by atoms with van der Waals surface area (Å²) in [5.41, 5.74) is 4.36. The summed E-state index contributed by atoms with van der Waals surface area (Å²) in [6.45, 7) is 4.28. The van der Waals surface area contributed by atoms with E-state index < -0.39 is 5.41 Å². The number of carbonyl (C=O) groups excluding carboxylic acids is 1. The van der Waals surface area contributed by atoms with Gasteiger partial charge < -0.3 is 9.72 Å². The van der Waals surface area contributed by atoms with Gasteiger partial charge in [0.1, 0.15) is 5.41 Å². The summed E-state index contributed by atoms with van der Waals surface area (Å²) in [5, 5.41) is 1.26. The summed E-state index contributed by atoms with van der Waals surface area (Å²) in [6.07, 6.45) is 5.25. The van der Waals surface area contributed by atoms with E-state index in [0.717, 1.165) is 43.6 Å². The third kappa shape index (κ3) is 2.09. The van der Waals surface area contributed by atoms with Crippen LogP contribution in [0.5, 0.6) is 0 Å². The molecule has 138 valence electrons. The standard InChI is InChI=1S/C21H24N2O2.ClH/c1-3-14-10-13-11-21(20(24)25-2)18-16(8-9-23(12-13)19(14)21)15-6-4-5-7-17(15)22-18;/h4-7,10,13,19,22H,3,8-9,11-12H2,1-2H3;1H/t13-,19+,21+;/m0./s1. The Bertz CT molecular complexity index is 903. The minimum atomic E-state index is -0.595. The van der Waals surface area contributed by atoms with Gasteiger partial charge in [-0.25, -0.2) is 0 Å². The highest BCUT2D eigenvalue weighted by Crippen LogP contribution is 2.52. The normalized spacial score (nSPS) is 31.6. The Morgan fingerprint density at radius 1 is 1.38 bits per heavy atom. The number of rotatable bonds is 2. The maximum absolute atomic E-state index is 13.2. The number of benzene rings is 1. The number of H-pyrrole nitrogens is 1. The molecule has 0 amide bonds. The first-order valence-electron chi connectivity index (χ1n) is 9.32. The molecular formula is C21H25ClN2O2. The van der Waals surface area contributed by atoms with E-state index in [0.29, 0.717) is 5.92 Å². The van der Waals surface area contributed by atoms with Crippen molar-refractivity contribution in [2.45, 2.75) is 37.6 Å². The molecule has 1 N–H and O–H groups in total. The lowest BCUT2D eigenvalue weighted by Crippen LogP contribution is -2.63. The van der Waals surface area contributed by atoms with Gasteiger partial charge >= 0.3 is 5.97 Å². The zero-order valence-corrected chi connectivity index (χ0v) is 16.1. The molecule has 4 nitrogen and oxygen atoms in total. The van der Waals surface area contributed by atoms with Gasteiger partial charge in [0, 0.05) is 29.7 Å². The van der Waals surface area contributed by atoms with Crippen LogP contribution in [-0.4, -0.2) is 42.1 Å². The van der Waals surface area contributed by atoms with Gasteiger partial charge in [-0.3, -0.25) is 9.69 Å². The summed E-state index contributed by atoms with van der Waals surface area (Å²) in [6, 6.07) is 8.56. The zero-order chi connectivity index (χ0) is 17.2. The van der Waals surface area contributed by atoms with Crippen molar-refractivity contribution in [3.05, 3.63) is 47.2 Å². The van der Waals surface area contributed by atoms with Crippen molar-refractivity contribution in [1.82, 2.24) is 9.88 Å². The highest BCUT2D eigenvalue weighted by Gasteiger charge is 2.60. The molecule has 5 heteroatoms. The quantitative estimate of drug-likeness (QED) is 0.647. The van der Waals surface area contributed by atoms with E-state index in [1.54, 1.807) is 0 Å². The molecule has 4 aliphatic rings. The Labute approximate surface area is 160 Å². The summed E-state index contributed by atoms with van der Waals surface area (Å²) in [5.74, 6) is 0.345. The Balaban J connectivity index is 0.00000168. The first-order chi connectivity index (χ1) is 12.2. The second-order valence-electron chi connectivity index (χ2n) is 7.69. The van der Waals surface area contributed by atoms with E-state index in [2.05, 4.69) is 47.1 Å². The maximum Gasteiger partial charge on any atom is 0.319 e. The molecular weight excluding hydrogens is 348 g/mol. The highest BCUT2D eigenvalue weighted by atomic mass is 35.5. The number of nitrogens with one attached hydrogen (secondary N) is 1. The molecule has 6 rings (SSSR count). The van der Waals surface area contributed by atoms with Crippen molar-refractivity contribution < 1.29 is 9.53 Å². The lowest BCUT2D eigenvalue weighted by Gasteiger charge is -2.53. The lowest BCUT2D eigenvalue weighted by atomic mass is 9.60. The Kier molecular flexibility index (Phi) is 4.16. The highest BCUT2D eigenvalue weighted by molar-refractivity contribution is 5.92. The molecule has 3 aliphatic heterocycles. The smallest absolute Gasteiger partial charge is 0.319 e. The first kappa shape index (κ1) is 17.6. The number of hydrogen-bond acceptors (Lipinski definition) is 3. The predicted octanol–water partition coefficient (Wildman–Crippen LogP) is 3.60. The van der Waals surface area contributed by atoms with Gasteiger partial charge in [-0.05, 0) is 36.8 Å². The van der Waals surface area contributed by atoms with E-state index in [-0.39, 0.29) is 24.4 Å². The van der Waals surface area contributed by atoms with Gasteiger partial charge in [0.25, 0.3) is 0 Å². The molecule has 4 heterocycles. The molecule has 1 saturated heterocycles. The summed E-state index contributed by atoms with van der Waals surface area (Å²) < 4.78 is 5.41. The Morgan fingerprint density at radius 2 is 2.19 bits per heavy atom. The fourth-order valence-electron chi connectivity index (χ4n) is 5.71. The third-order valence-corrected chi connectivity index (χ3v) is 6.55. The van der Waals surface area contributed by atoms with Crippen molar-refractivity contribution >= 4 is 29.3 Å². The number of piperidine rings is 1. The number of ether oxygens (including phenoxy) is 1. The number of para-hydroxylation sites is 1. The average Bonchev–Trinajstić information content (AvgIpc) is 3.00. The number of aromatic amines is 1. The van der Waals surface area contributed by atoms with Gasteiger partial charge in [0.15, 0.2) is 0 Å². The van der Waals surface area contributed by atoms with E-state index >= 15 is 0 Å². The fraction of sp³-hybridized carbons (Fsp3) is 0.476. The van der Waals surface area contributed by atoms with Crippen LogP contribution < -0.4 is 0 Å². The summed E-state index contributed by atoms with van der Waals surface area (Å²) in [7, 11) is 1.53. The molecule has 0 spiro atoms. The molecule has 2 aromatic rings. The number of carbonyl (C=O) groups is 1. The van der Waals surface area contributed by atoms with Gasteiger partial charge in [-0.15, -0.1) is 12.4 Å². The van der Waals surface area contributed by atoms with Crippen molar-refractivity contribution in [2.24, 2.45) is 5.92 Å². The van der Waals surface area contributed by atoms with Crippen LogP contribution in [0.25, 0.3) is 10.9 Å². The molecule has 1 aromatic carbocycles. The van der Waals surface area contributed by atoms with Crippen LogP contribution in [0, 0.1) is 5.92 Å². The Hall–Kier alpha value is -1.78. The van der Waals surface area contributed by atoms with E-state index in [1.165, 1.54) is 23.6 Å². The molecule has 1 fully saturated rings. The van der Waals surface area contributed by atoms with Crippen molar-refractivity contribution in [3.63, 3.8) is 0 Å². The summed E-state index contributed by atoms with van der Waals surface area (Å²) in [4.78, 5) is 19.4. The summed E-state index contributed by atoms with van der Waals surface area (Å²) >= 11 is 0. The van der Waals surface area contributed by atoms with Gasteiger partial charge in [0.05, 0.1) is 13.2 Å². The molecule has 0 radical (unpaired) electrons. The number of nitrogens with zero attached hydrogens (tertiary/aromatic N) is 1. The van der Waals surface area contributed by atoms with Crippen molar-refractivity contribution in [3.8, 4) is 0 Å². The fourth-order valence-corrected chi connectivity index (χ4v) is 5.71. The molecule has 1 unspecified atom stereocenters. The van der Waals surface area contributed by atoms with Gasteiger partial charge in [-0.1, -0.05) is 36.8 Å². The molecule has 1 aromatic heterocycles. The molecule has 4 bridgehead atoms. The average molecular weight is 373 g/mol. The van der Waals surface area contributed by atoms with Crippen LogP contribution in [0.4, 0.5) is 0 Å². The maximum atomic E-state index is 13.2. The Morgan fingerprint density at radius 3 is 2.96 bits per heavy atom. The molecule has 4 atom stereocenters. The number of hydrogen-bond donors (Lipinski definition) is 1. The molecule has 1 aliphatic carbocycles. The van der Waals surface area contributed by atoms with Crippen LogP contribution in [0.1, 0.15) is 31.0 Å².